The molecule has 0 aliphatic heterocycles. The number of halogens is 2. The molecule has 37 heavy (non-hydrogen) atoms. The lowest BCUT2D eigenvalue weighted by Crippen LogP contribution is -2.48. The molecule has 0 radical (unpaired) electrons. The number of carbonyl (C=O) groups is 2. The first-order valence-corrected chi connectivity index (χ1v) is 12.3. The highest BCUT2D eigenvalue weighted by atomic mass is 35.5. The number of nitrogens with one attached hydrogen (secondary N) is 2. The zero-order valence-electron chi connectivity index (χ0n) is 20.8. The summed E-state index contributed by atoms with van der Waals surface area (Å²) in [5.74, 6) is -1.27. The first-order chi connectivity index (χ1) is 17.8. The fourth-order valence-electron chi connectivity index (χ4n) is 4.24. The van der Waals surface area contributed by atoms with Crippen molar-refractivity contribution in [3.63, 3.8) is 0 Å². The quantitative estimate of drug-likeness (QED) is 0.232. The van der Waals surface area contributed by atoms with Gasteiger partial charge in [-0.1, -0.05) is 67.9 Å². The van der Waals surface area contributed by atoms with E-state index < -0.39 is 17.9 Å². The molecule has 0 saturated carbocycles. The van der Waals surface area contributed by atoms with E-state index in [0.29, 0.717) is 22.7 Å². The molecular weight excluding hydrogens is 491 g/mol. The summed E-state index contributed by atoms with van der Waals surface area (Å²) < 4.78 is 16.4. The molecule has 1 unspecified atom stereocenters. The number of amides is 2. The van der Waals surface area contributed by atoms with E-state index in [2.05, 4.69) is 15.8 Å². The maximum atomic E-state index is 14.3. The number of fused-ring (bicyclic) bond motifs is 1. The van der Waals surface area contributed by atoms with Crippen LogP contribution in [0.5, 0.6) is 0 Å². The van der Waals surface area contributed by atoms with Crippen molar-refractivity contribution in [2.45, 2.75) is 33.4 Å². The molecule has 0 aliphatic rings. The van der Waals surface area contributed by atoms with Crippen LogP contribution in [-0.4, -0.2) is 28.6 Å². The van der Waals surface area contributed by atoms with Gasteiger partial charge in [-0.15, -0.1) is 0 Å². The van der Waals surface area contributed by atoms with Crippen LogP contribution in [0.2, 0.25) is 5.02 Å². The third-order valence-electron chi connectivity index (χ3n) is 6.26. The number of hydrazone groups is 1. The van der Waals surface area contributed by atoms with Gasteiger partial charge in [0.25, 0.3) is 11.8 Å². The first kappa shape index (κ1) is 26.1. The third-order valence-corrected chi connectivity index (χ3v) is 6.49. The average Bonchev–Trinajstić information content (AvgIpc) is 3.14. The molecule has 3 aromatic carbocycles. The van der Waals surface area contributed by atoms with Crippen molar-refractivity contribution in [1.82, 2.24) is 15.3 Å². The van der Waals surface area contributed by atoms with Crippen LogP contribution < -0.4 is 10.7 Å². The van der Waals surface area contributed by atoms with Gasteiger partial charge in [-0.2, -0.15) is 5.10 Å². The van der Waals surface area contributed by atoms with Crippen LogP contribution >= 0.6 is 11.6 Å². The maximum Gasteiger partial charge on any atom is 0.262 e. The summed E-state index contributed by atoms with van der Waals surface area (Å²) in [4.78, 5) is 25.6. The highest BCUT2D eigenvalue weighted by molar-refractivity contribution is 6.31. The summed E-state index contributed by atoms with van der Waals surface area (Å²) in [5, 5.41) is 8.34. The molecule has 8 heteroatoms. The van der Waals surface area contributed by atoms with Crippen LogP contribution in [0.15, 0.2) is 77.9 Å². The van der Waals surface area contributed by atoms with Crippen molar-refractivity contribution in [2.75, 3.05) is 0 Å². The van der Waals surface area contributed by atoms with Gasteiger partial charge in [-0.05, 0) is 43.2 Å². The molecule has 1 aromatic heterocycles. The second-order valence-electron chi connectivity index (χ2n) is 9.13. The Balaban J connectivity index is 1.54. The fraction of sp³-hybridized carbons (Fsp3) is 0.207. The number of carbonyl (C=O) groups excluding carboxylic acids is 2. The Morgan fingerprint density at radius 1 is 1.05 bits per heavy atom. The Kier molecular flexibility index (Phi) is 8.04. The topological polar surface area (TPSA) is 75.5 Å². The smallest absolute Gasteiger partial charge is 0.262 e. The van der Waals surface area contributed by atoms with E-state index in [-0.39, 0.29) is 11.7 Å². The Morgan fingerprint density at radius 2 is 1.78 bits per heavy atom. The van der Waals surface area contributed by atoms with Gasteiger partial charge in [0, 0.05) is 38.3 Å². The molecule has 0 aliphatic carbocycles. The first-order valence-electron chi connectivity index (χ1n) is 12.0. The minimum absolute atomic E-state index is 0.178. The van der Waals surface area contributed by atoms with Crippen molar-refractivity contribution < 1.29 is 14.0 Å². The molecule has 0 spiro atoms. The molecule has 1 atom stereocenters. The van der Waals surface area contributed by atoms with Gasteiger partial charge in [-0.3, -0.25) is 9.59 Å². The van der Waals surface area contributed by atoms with E-state index in [1.165, 1.54) is 6.07 Å². The summed E-state index contributed by atoms with van der Waals surface area (Å²) in [6.07, 6.45) is 1.59. The Labute approximate surface area is 220 Å². The molecule has 0 saturated heterocycles. The average molecular weight is 519 g/mol. The number of nitrogens with zero attached hydrogens (tertiary/aromatic N) is 2. The molecule has 2 amide bonds. The van der Waals surface area contributed by atoms with Crippen LogP contribution in [0, 0.1) is 18.7 Å². The highest BCUT2D eigenvalue weighted by Gasteiger charge is 2.24. The van der Waals surface area contributed by atoms with Gasteiger partial charge in [-0.25, -0.2) is 9.82 Å². The van der Waals surface area contributed by atoms with E-state index in [4.69, 9.17) is 11.6 Å². The van der Waals surface area contributed by atoms with Crippen LogP contribution in [0.3, 0.4) is 0 Å². The predicted molar refractivity (Wildman–Crippen MR) is 145 cm³/mol. The minimum Gasteiger partial charge on any atom is -0.340 e. The predicted octanol–water partition coefficient (Wildman–Crippen LogP) is 5.70. The molecule has 0 bridgehead atoms. The normalized spacial score (nSPS) is 12.3. The molecule has 2 N–H and O–H groups in total. The summed E-state index contributed by atoms with van der Waals surface area (Å²) in [5.41, 5.74) is 6.15. The number of hydrogen-bond acceptors (Lipinski definition) is 3. The van der Waals surface area contributed by atoms with E-state index >= 15 is 0 Å². The Bertz CT molecular complexity index is 1480. The van der Waals surface area contributed by atoms with Gasteiger partial charge >= 0.3 is 0 Å². The van der Waals surface area contributed by atoms with Gasteiger partial charge < -0.3 is 9.88 Å². The minimum atomic E-state index is -0.799. The lowest BCUT2D eigenvalue weighted by atomic mass is 10.0. The fourth-order valence-corrected chi connectivity index (χ4v) is 4.43. The second kappa shape index (κ2) is 11.4. The SMILES string of the molecule is Cc1c(/C=N\NC(=O)C(NC(=O)c2cccc(Cl)c2)C(C)C)c2ccccc2n1Cc1ccccc1F. The summed E-state index contributed by atoms with van der Waals surface area (Å²) in [7, 11) is 0. The summed E-state index contributed by atoms with van der Waals surface area (Å²) in [6.45, 7) is 5.98. The van der Waals surface area contributed by atoms with Crippen LogP contribution in [0.4, 0.5) is 4.39 Å². The van der Waals surface area contributed by atoms with Crippen LogP contribution in [0.25, 0.3) is 10.9 Å². The summed E-state index contributed by atoms with van der Waals surface area (Å²) in [6, 6.07) is 20.2. The van der Waals surface area contributed by atoms with Crippen molar-refractivity contribution in [3.05, 3.63) is 106 Å². The van der Waals surface area contributed by atoms with Crippen LogP contribution in [0.1, 0.15) is 41.0 Å². The molecule has 190 valence electrons. The highest BCUT2D eigenvalue weighted by Crippen LogP contribution is 2.26. The number of rotatable bonds is 8. The van der Waals surface area contributed by atoms with Gasteiger partial charge in [0.05, 0.1) is 12.8 Å². The van der Waals surface area contributed by atoms with Gasteiger partial charge in [0.2, 0.25) is 0 Å². The largest absolute Gasteiger partial charge is 0.340 e. The van der Waals surface area contributed by atoms with Gasteiger partial charge in [0.1, 0.15) is 11.9 Å². The zero-order chi connectivity index (χ0) is 26.5. The van der Waals surface area contributed by atoms with Crippen molar-refractivity contribution >= 4 is 40.5 Å². The Morgan fingerprint density at radius 3 is 2.51 bits per heavy atom. The zero-order valence-corrected chi connectivity index (χ0v) is 21.6. The summed E-state index contributed by atoms with van der Waals surface area (Å²) >= 11 is 5.99. The molecule has 0 fully saturated rings. The van der Waals surface area contributed by atoms with Gasteiger partial charge in [0.15, 0.2) is 0 Å². The molecule has 4 aromatic rings. The molecule has 6 nitrogen and oxygen atoms in total. The lowest BCUT2D eigenvalue weighted by Gasteiger charge is -2.20. The van der Waals surface area contributed by atoms with Crippen molar-refractivity contribution in [3.8, 4) is 0 Å². The van der Waals surface area contributed by atoms with E-state index in [1.807, 2.05) is 55.7 Å². The molecular formula is C29H28ClFN4O2. The monoisotopic (exact) mass is 518 g/mol. The van der Waals surface area contributed by atoms with Crippen molar-refractivity contribution in [2.24, 2.45) is 11.0 Å². The maximum absolute atomic E-state index is 14.3. The number of aromatic nitrogens is 1. The van der Waals surface area contributed by atoms with Crippen LogP contribution in [-0.2, 0) is 11.3 Å². The van der Waals surface area contributed by atoms with Crippen molar-refractivity contribution in [1.29, 1.82) is 0 Å². The molecule has 4 rings (SSSR count). The third kappa shape index (κ3) is 5.89. The lowest BCUT2D eigenvalue weighted by molar-refractivity contribution is -0.123. The van der Waals surface area contributed by atoms with E-state index in [1.54, 1.807) is 42.6 Å². The molecule has 1 heterocycles. The van der Waals surface area contributed by atoms with E-state index in [9.17, 15) is 14.0 Å². The second-order valence-corrected chi connectivity index (χ2v) is 9.57. The number of hydrogen-bond donors (Lipinski definition) is 2. The van der Waals surface area contributed by atoms with E-state index in [0.717, 1.165) is 22.2 Å². The standard InChI is InChI=1S/C29H28ClFN4O2/c1-18(2)27(33-28(36)20-10-8-11-22(30)15-20)29(37)34-32-16-24-19(3)35(26-14-7-5-12-23(24)26)17-21-9-4-6-13-25(21)31/h4-16,18,27H,17H2,1-3H3,(H,33,36)(H,34,37)/b32-16-. The number of para-hydroxylation sites is 1. The number of benzene rings is 3. The Hall–Kier alpha value is -3.97.